The zero-order valence-electron chi connectivity index (χ0n) is 14.7. The largest absolute Gasteiger partial charge is 0.508 e. The Morgan fingerprint density at radius 2 is 2.00 bits per heavy atom. The van der Waals surface area contributed by atoms with Crippen molar-refractivity contribution in [2.45, 2.75) is 77.2 Å². The fourth-order valence-electron chi connectivity index (χ4n) is 6.25. The van der Waals surface area contributed by atoms with E-state index in [-0.39, 0.29) is 6.10 Å². The zero-order chi connectivity index (χ0) is 16.4. The number of hydrogen-bond donors (Lipinski definition) is 2. The Balaban J connectivity index is 1.77. The summed E-state index contributed by atoms with van der Waals surface area (Å²) in [6.07, 6.45) is 6.73. The van der Waals surface area contributed by atoms with Crippen LogP contribution < -0.4 is 0 Å². The monoisotopic (exact) mass is 314 g/mol. The van der Waals surface area contributed by atoms with Gasteiger partial charge >= 0.3 is 0 Å². The maximum Gasteiger partial charge on any atom is 0.116 e. The van der Waals surface area contributed by atoms with Crippen molar-refractivity contribution in [1.82, 2.24) is 0 Å². The molecule has 5 atom stereocenters. The molecular formula is C21H30O2. The number of aliphatic hydroxyl groups is 1. The van der Waals surface area contributed by atoms with Crippen molar-refractivity contribution in [1.29, 1.82) is 0 Å². The van der Waals surface area contributed by atoms with E-state index in [0.29, 0.717) is 28.9 Å². The van der Waals surface area contributed by atoms with E-state index in [2.05, 4.69) is 20.8 Å². The number of phenolic OH excluding ortho intramolecular Hbond substituents is 1. The fourth-order valence-corrected chi connectivity index (χ4v) is 6.25. The van der Waals surface area contributed by atoms with Gasteiger partial charge in [-0.1, -0.05) is 20.8 Å². The molecule has 4 rings (SSSR count). The molecule has 2 fully saturated rings. The Morgan fingerprint density at radius 1 is 1.22 bits per heavy atom. The predicted molar refractivity (Wildman–Crippen MR) is 92.8 cm³/mol. The average molecular weight is 314 g/mol. The normalized spacial score (nSPS) is 39.0. The zero-order valence-corrected chi connectivity index (χ0v) is 14.7. The Labute approximate surface area is 139 Å². The summed E-state index contributed by atoms with van der Waals surface area (Å²) < 4.78 is 0. The van der Waals surface area contributed by atoms with Gasteiger partial charge in [-0.3, -0.25) is 0 Å². The van der Waals surface area contributed by atoms with Crippen molar-refractivity contribution < 1.29 is 10.2 Å². The standard InChI is InChI=1S/C21H30O2/c1-12(2)18-9-14(22)8-13-4-5-16-17(20(13)18)6-7-21(3)11-15(23)10-19(16)21/h8-9,12,15-17,19,22-23H,4-7,10-11H2,1-3H3/t15-,16-,17+,19+,21-/m1/s1. The second kappa shape index (κ2) is 5.24. The van der Waals surface area contributed by atoms with Crippen LogP contribution in [-0.4, -0.2) is 16.3 Å². The third-order valence-electron chi connectivity index (χ3n) is 7.21. The van der Waals surface area contributed by atoms with Crippen LogP contribution in [0.4, 0.5) is 0 Å². The molecule has 2 saturated carbocycles. The van der Waals surface area contributed by atoms with Crippen LogP contribution in [0.3, 0.4) is 0 Å². The van der Waals surface area contributed by atoms with Crippen LogP contribution in [0, 0.1) is 17.3 Å². The van der Waals surface area contributed by atoms with Crippen LogP contribution in [0.1, 0.15) is 81.4 Å². The van der Waals surface area contributed by atoms with Crippen molar-refractivity contribution in [3.05, 3.63) is 28.8 Å². The molecule has 0 aromatic heterocycles. The van der Waals surface area contributed by atoms with Gasteiger partial charge < -0.3 is 10.2 Å². The number of rotatable bonds is 1. The molecule has 3 aliphatic carbocycles. The van der Waals surface area contributed by atoms with Crippen LogP contribution in [0.25, 0.3) is 0 Å². The Hall–Kier alpha value is -1.02. The lowest BCUT2D eigenvalue weighted by Crippen LogP contribution is -2.40. The van der Waals surface area contributed by atoms with Crippen LogP contribution in [0.15, 0.2) is 12.1 Å². The Morgan fingerprint density at radius 3 is 2.74 bits per heavy atom. The highest BCUT2D eigenvalue weighted by Crippen LogP contribution is 2.61. The molecule has 0 radical (unpaired) electrons. The summed E-state index contributed by atoms with van der Waals surface area (Å²) in [4.78, 5) is 0. The molecule has 1 aromatic carbocycles. The minimum absolute atomic E-state index is 0.0884. The summed E-state index contributed by atoms with van der Waals surface area (Å²) in [5.74, 6) is 2.93. The Kier molecular flexibility index (Phi) is 3.53. The topological polar surface area (TPSA) is 40.5 Å². The molecule has 0 heterocycles. The van der Waals surface area contributed by atoms with Gasteiger partial charge in [-0.15, -0.1) is 0 Å². The van der Waals surface area contributed by atoms with Gasteiger partial charge in [0.1, 0.15) is 5.75 Å². The number of aromatic hydroxyl groups is 1. The molecule has 0 aliphatic heterocycles. The van der Waals surface area contributed by atoms with Crippen molar-refractivity contribution in [3.63, 3.8) is 0 Å². The van der Waals surface area contributed by atoms with E-state index in [0.717, 1.165) is 25.2 Å². The fraction of sp³-hybridized carbons (Fsp3) is 0.714. The average Bonchev–Trinajstić information content (AvgIpc) is 2.80. The number of phenols is 1. The van der Waals surface area contributed by atoms with Crippen LogP contribution in [-0.2, 0) is 6.42 Å². The number of aliphatic hydroxyl groups excluding tert-OH is 1. The highest BCUT2D eigenvalue weighted by Gasteiger charge is 2.53. The van der Waals surface area contributed by atoms with Gasteiger partial charge in [0.2, 0.25) is 0 Å². The molecule has 0 saturated heterocycles. The minimum atomic E-state index is -0.0884. The summed E-state index contributed by atoms with van der Waals surface area (Å²) in [6, 6.07) is 4.01. The predicted octanol–water partition coefficient (Wildman–Crippen LogP) is 4.73. The number of fused-ring (bicyclic) bond motifs is 5. The first kappa shape index (κ1) is 15.5. The summed E-state index contributed by atoms with van der Waals surface area (Å²) in [5.41, 5.74) is 4.65. The molecule has 1 aromatic rings. The third-order valence-corrected chi connectivity index (χ3v) is 7.21. The summed E-state index contributed by atoms with van der Waals surface area (Å²) >= 11 is 0. The lowest BCUT2D eigenvalue weighted by Gasteiger charge is -2.49. The summed E-state index contributed by atoms with van der Waals surface area (Å²) in [7, 11) is 0. The second-order valence-corrected chi connectivity index (χ2v) is 8.96. The molecular weight excluding hydrogens is 284 g/mol. The molecule has 126 valence electrons. The van der Waals surface area contributed by atoms with Crippen LogP contribution in [0.2, 0.25) is 0 Å². The third kappa shape index (κ3) is 2.33. The molecule has 0 unspecified atom stereocenters. The molecule has 2 heteroatoms. The highest BCUT2D eigenvalue weighted by molar-refractivity contribution is 5.47. The first-order valence-electron chi connectivity index (χ1n) is 9.43. The molecule has 2 N–H and O–H groups in total. The van der Waals surface area contributed by atoms with Crippen LogP contribution >= 0.6 is 0 Å². The SMILES string of the molecule is CC(C)c1cc(O)cc2c1[C@H]1CC[C@]3(C)C[C@H](O)C[C@H]3[C@@H]1CC2. The van der Waals surface area contributed by atoms with E-state index in [4.69, 9.17) is 0 Å². The quantitative estimate of drug-likeness (QED) is 0.786. The molecule has 0 spiro atoms. The molecule has 3 aliphatic rings. The van der Waals surface area contributed by atoms with Gasteiger partial charge in [-0.05, 0) is 96.4 Å². The second-order valence-electron chi connectivity index (χ2n) is 8.96. The van der Waals surface area contributed by atoms with Crippen molar-refractivity contribution in [3.8, 4) is 5.75 Å². The smallest absolute Gasteiger partial charge is 0.116 e. The van der Waals surface area contributed by atoms with E-state index < -0.39 is 0 Å². The van der Waals surface area contributed by atoms with Gasteiger partial charge in [-0.25, -0.2) is 0 Å². The van der Waals surface area contributed by atoms with E-state index in [1.165, 1.54) is 30.4 Å². The molecule has 2 nitrogen and oxygen atoms in total. The van der Waals surface area contributed by atoms with Gasteiger partial charge in [0.05, 0.1) is 6.10 Å². The molecule has 23 heavy (non-hydrogen) atoms. The van der Waals surface area contributed by atoms with E-state index >= 15 is 0 Å². The van der Waals surface area contributed by atoms with Crippen molar-refractivity contribution >= 4 is 0 Å². The molecule has 0 bridgehead atoms. The number of hydrogen-bond acceptors (Lipinski definition) is 2. The van der Waals surface area contributed by atoms with Crippen molar-refractivity contribution in [2.75, 3.05) is 0 Å². The van der Waals surface area contributed by atoms with Gasteiger partial charge in [-0.2, -0.15) is 0 Å². The number of aryl methyl sites for hydroxylation is 1. The van der Waals surface area contributed by atoms with Gasteiger partial charge in [0.25, 0.3) is 0 Å². The summed E-state index contributed by atoms with van der Waals surface area (Å²) in [5, 5.41) is 20.4. The summed E-state index contributed by atoms with van der Waals surface area (Å²) in [6.45, 7) is 6.90. The highest BCUT2D eigenvalue weighted by atomic mass is 16.3. The van der Waals surface area contributed by atoms with Gasteiger partial charge in [0.15, 0.2) is 0 Å². The molecule has 0 amide bonds. The van der Waals surface area contributed by atoms with E-state index in [1.807, 2.05) is 12.1 Å². The van der Waals surface area contributed by atoms with E-state index in [9.17, 15) is 10.2 Å². The van der Waals surface area contributed by atoms with Crippen LogP contribution in [0.5, 0.6) is 5.75 Å². The number of benzene rings is 1. The minimum Gasteiger partial charge on any atom is -0.508 e. The maximum absolute atomic E-state index is 10.3. The van der Waals surface area contributed by atoms with Crippen molar-refractivity contribution in [2.24, 2.45) is 17.3 Å². The van der Waals surface area contributed by atoms with E-state index in [1.54, 1.807) is 5.56 Å². The van der Waals surface area contributed by atoms with Gasteiger partial charge in [0, 0.05) is 0 Å². The Bertz CT molecular complexity index is 621. The lowest BCUT2D eigenvalue weighted by atomic mass is 9.55. The maximum atomic E-state index is 10.3. The first-order chi connectivity index (χ1) is 10.9. The first-order valence-corrected chi connectivity index (χ1v) is 9.43. The lowest BCUT2D eigenvalue weighted by molar-refractivity contribution is 0.0591.